The van der Waals surface area contributed by atoms with Crippen LogP contribution in [0.1, 0.15) is 38.4 Å². The molecule has 0 amide bonds. The fourth-order valence-electron chi connectivity index (χ4n) is 1.95. The molecule has 2 rings (SSSR count). The predicted octanol–water partition coefficient (Wildman–Crippen LogP) is 3.57. The Hall–Kier alpha value is -1.02. The van der Waals surface area contributed by atoms with Crippen LogP contribution >= 0.6 is 0 Å². The van der Waals surface area contributed by atoms with Crippen molar-refractivity contribution in [1.82, 2.24) is 0 Å². The smallest absolute Gasteiger partial charge is 0.118 e. The zero-order chi connectivity index (χ0) is 11.5. The maximum atomic E-state index is 5.99. The molecular weight excluding hydrogens is 200 g/mol. The zero-order valence-electron chi connectivity index (χ0n) is 10.3. The minimum Gasteiger partial charge on any atom is -0.497 e. The van der Waals surface area contributed by atoms with Crippen molar-refractivity contribution in [3.63, 3.8) is 0 Å². The van der Waals surface area contributed by atoms with Gasteiger partial charge in [-0.2, -0.15) is 0 Å². The molecule has 0 spiro atoms. The molecule has 1 fully saturated rings. The first-order chi connectivity index (χ1) is 7.70. The van der Waals surface area contributed by atoms with Crippen molar-refractivity contribution in [2.45, 2.75) is 38.9 Å². The van der Waals surface area contributed by atoms with E-state index in [1.165, 1.54) is 18.4 Å². The van der Waals surface area contributed by atoms with E-state index in [9.17, 15) is 0 Å². The van der Waals surface area contributed by atoms with Gasteiger partial charge in [-0.3, -0.25) is 0 Å². The first-order valence-corrected chi connectivity index (χ1v) is 6.00. The van der Waals surface area contributed by atoms with Crippen molar-refractivity contribution in [2.24, 2.45) is 5.92 Å². The number of rotatable bonds is 5. The summed E-state index contributed by atoms with van der Waals surface area (Å²) < 4.78 is 11.2. The minimum atomic E-state index is 0.269. The monoisotopic (exact) mass is 220 g/mol. The van der Waals surface area contributed by atoms with Gasteiger partial charge in [0.1, 0.15) is 5.75 Å². The summed E-state index contributed by atoms with van der Waals surface area (Å²) in [7, 11) is 1.69. The average molecular weight is 220 g/mol. The van der Waals surface area contributed by atoms with Crippen LogP contribution in [0.15, 0.2) is 24.3 Å². The topological polar surface area (TPSA) is 18.5 Å². The Bertz CT molecular complexity index is 325. The standard InChI is InChI=1S/C14H20O2/c1-10(2)16-14(11-4-5-11)12-6-8-13(15-3)9-7-12/h6-11,14H,4-5H2,1-3H3. The van der Waals surface area contributed by atoms with E-state index in [2.05, 4.69) is 26.0 Å². The van der Waals surface area contributed by atoms with Crippen LogP contribution in [-0.4, -0.2) is 13.2 Å². The van der Waals surface area contributed by atoms with Crippen molar-refractivity contribution in [1.29, 1.82) is 0 Å². The molecule has 1 saturated carbocycles. The summed E-state index contributed by atoms with van der Waals surface area (Å²) in [6.45, 7) is 4.19. The third kappa shape index (κ3) is 2.76. The van der Waals surface area contributed by atoms with Gasteiger partial charge in [0.05, 0.1) is 19.3 Å². The molecule has 0 aromatic heterocycles. The van der Waals surface area contributed by atoms with Crippen LogP contribution < -0.4 is 4.74 Å². The Labute approximate surface area is 97.6 Å². The van der Waals surface area contributed by atoms with Gasteiger partial charge in [0.25, 0.3) is 0 Å². The second-order valence-corrected chi connectivity index (χ2v) is 4.72. The van der Waals surface area contributed by atoms with Gasteiger partial charge < -0.3 is 9.47 Å². The van der Waals surface area contributed by atoms with E-state index in [0.717, 1.165) is 11.7 Å². The lowest BCUT2D eigenvalue weighted by atomic mass is 10.0. The van der Waals surface area contributed by atoms with Crippen LogP contribution in [0.5, 0.6) is 5.75 Å². The van der Waals surface area contributed by atoms with Gasteiger partial charge in [-0.1, -0.05) is 12.1 Å². The summed E-state index contributed by atoms with van der Waals surface area (Å²) in [5, 5.41) is 0. The highest BCUT2D eigenvalue weighted by Crippen LogP contribution is 2.44. The van der Waals surface area contributed by atoms with Gasteiger partial charge in [0.2, 0.25) is 0 Å². The SMILES string of the molecule is COc1ccc(C(OC(C)C)C2CC2)cc1. The lowest BCUT2D eigenvalue weighted by Crippen LogP contribution is -2.12. The van der Waals surface area contributed by atoms with Gasteiger partial charge in [-0.05, 0) is 50.3 Å². The molecule has 2 heteroatoms. The summed E-state index contributed by atoms with van der Waals surface area (Å²) in [5.41, 5.74) is 1.28. The maximum Gasteiger partial charge on any atom is 0.118 e. The number of ether oxygens (including phenoxy) is 2. The van der Waals surface area contributed by atoms with Crippen LogP contribution in [0, 0.1) is 5.92 Å². The van der Waals surface area contributed by atoms with E-state index in [0.29, 0.717) is 0 Å². The van der Waals surface area contributed by atoms with Crippen molar-refractivity contribution >= 4 is 0 Å². The van der Waals surface area contributed by atoms with Gasteiger partial charge in [0, 0.05) is 0 Å². The van der Waals surface area contributed by atoms with E-state index >= 15 is 0 Å². The number of hydrogen-bond donors (Lipinski definition) is 0. The molecule has 1 aliphatic carbocycles. The molecule has 0 aliphatic heterocycles. The van der Waals surface area contributed by atoms with E-state index < -0.39 is 0 Å². The molecule has 0 heterocycles. The van der Waals surface area contributed by atoms with Crippen molar-refractivity contribution in [3.8, 4) is 5.75 Å². The largest absolute Gasteiger partial charge is 0.497 e. The third-order valence-corrected chi connectivity index (χ3v) is 2.91. The van der Waals surface area contributed by atoms with Crippen LogP contribution in [0.4, 0.5) is 0 Å². The summed E-state index contributed by atoms with van der Waals surface area (Å²) in [6.07, 6.45) is 3.14. The van der Waals surface area contributed by atoms with Gasteiger partial charge >= 0.3 is 0 Å². The molecular formula is C14H20O2. The molecule has 1 atom stereocenters. The molecule has 1 aromatic rings. The molecule has 0 saturated heterocycles. The molecule has 0 radical (unpaired) electrons. The molecule has 1 unspecified atom stereocenters. The molecule has 1 aromatic carbocycles. The Balaban J connectivity index is 2.11. The summed E-state index contributed by atoms with van der Waals surface area (Å²) in [5.74, 6) is 1.62. The normalized spacial score (nSPS) is 17.5. The van der Waals surface area contributed by atoms with Crippen LogP contribution in [0.3, 0.4) is 0 Å². The lowest BCUT2D eigenvalue weighted by Gasteiger charge is -2.20. The second kappa shape index (κ2) is 4.88. The Morgan fingerprint density at radius 2 is 1.75 bits per heavy atom. The second-order valence-electron chi connectivity index (χ2n) is 4.72. The van der Waals surface area contributed by atoms with Crippen molar-refractivity contribution in [3.05, 3.63) is 29.8 Å². The maximum absolute atomic E-state index is 5.99. The number of benzene rings is 1. The Morgan fingerprint density at radius 1 is 1.12 bits per heavy atom. The molecule has 0 bridgehead atoms. The first-order valence-electron chi connectivity index (χ1n) is 6.00. The average Bonchev–Trinajstić information content (AvgIpc) is 3.10. The quantitative estimate of drug-likeness (QED) is 0.755. The summed E-state index contributed by atoms with van der Waals surface area (Å²) in [6, 6.07) is 8.25. The fraction of sp³-hybridized carbons (Fsp3) is 0.571. The molecule has 0 N–H and O–H groups in total. The number of hydrogen-bond acceptors (Lipinski definition) is 2. The molecule has 1 aliphatic rings. The predicted molar refractivity (Wildman–Crippen MR) is 64.7 cm³/mol. The highest BCUT2D eigenvalue weighted by Gasteiger charge is 2.33. The molecule has 16 heavy (non-hydrogen) atoms. The van der Waals surface area contributed by atoms with Crippen molar-refractivity contribution in [2.75, 3.05) is 7.11 Å². The van der Waals surface area contributed by atoms with Gasteiger partial charge in [-0.25, -0.2) is 0 Å². The lowest BCUT2D eigenvalue weighted by molar-refractivity contribution is -0.00656. The van der Waals surface area contributed by atoms with E-state index in [4.69, 9.17) is 9.47 Å². The van der Waals surface area contributed by atoms with Crippen LogP contribution in [-0.2, 0) is 4.74 Å². The highest BCUT2D eigenvalue weighted by atomic mass is 16.5. The summed E-state index contributed by atoms with van der Waals surface area (Å²) >= 11 is 0. The zero-order valence-corrected chi connectivity index (χ0v) is 10.3. The Morgan fingerprint density at radius 3 is 2.19 bits per heavy atom. The first kappa shape index (κ1) is 11.5. The van der Waals surface area contributed by atoms with Gasteiger partial charge in [0.15, 0.2) is 0 Å². The van der Waals surface area contributed by atoms with Crippen LogP contribution in [0.2, 0.25) is 0 Å². The minimum absolute atomic E-state index is 0.269. The van der Waals surface area contributed by atoms with E-state index in [1.807, 2.05) is 12.1 Å². The van der Waals surface area contributed by atoms with Crippen molar-refractivity contribution < 1.29 is 9.47 Å². The highest BCUT2D eigenvalue weighted by molar-refractivity contribution is 5.29. The number of methoxy groups -OCH3 is 1. The van der Waals surface area contributed by atoms with Gasteiger partial charge in [-0.15, -0.1) is 0 Å². The van der Waals surface area contributed by atoms with E-state index in [-0.39, 0.29) is 12.2 Å². The Kier molecular flexibility index (Phi) is 3.49. The fourth-order valence-corrected chi connectivity index (χ4v) is 1.95. The van der Waals surface area contributed by atoms with Crippen LogP contribution in [0.25, 0.3) is 0 Å². The molecule has 2 nitrogen and oxygen atoms in total. The van der Waals surface area contributed by atoms with E-state index in [1.54, 1.807) is 7.11 Å². The molecule has 88 valence electrons. The third-order valence-electron chi connectivity index (χ3n) is 2.91. The summed E-state index contributed by atoms with van der Waals surface area (Å²) in [4.78, 5) is 0.